The van der Waals surface area contributed by atoms with Crippen LogP contribution in [0.25, 0.3) is 0 Å². The van der Waals surface area contributed by atoms with Crippen LogP contribution in [0.5, 0.6) is 0 Å². The molecule has 1 saturated heterocycles. The van der Waals surface area contributed by atoms with Gasteiger partial charge in [-0.1, -0.05) is 13.8 Å². The number of halogens is 1. The number of amides is 1. The number of nitrogens with zero attached hydrogens (tertiary/aromatic N) is 1. The molecule has 24 heavy (non-hydrogen) atoms. The number of carbonyl (C=O) groups is 1. The Labute approximate surface area is 150 Å². The summed E-state index contributed by atoms with van der Waals surface area (Å²) in [7, 11) is -3.48. The molecule has 1 unspecified atom stereocenters. The Bertz CT molecular complexity index is 624. The van der Waals surface area contributed by atoms with Gasteiger partial charge in [0, 0.05) is 31.2 Å². The van der Waals surface area contributed by atoms with Gasteiger partial charge in [0.2, 0.25) is 10.0 Å². The van der Waals surface area contributed by atoms with Gasteiger partial charge in [-0.05, 0) is 43.7 Å². The quantitative estimate of drug-likeness (QED) is 0.759. The fraction of sp³-hybridized carbons (Fsp3) is 0.562. The van der Waals surface area contributed by atoms with Crippen LogP contribution in [0.2, 0.25) is 0 Å². The van der Waals surface area contributed by atoms with Gasteiger partial charge >= 0.3 is 0 Å². The summed E-state index contributed by atoms with van der Waals surface area (Å²) in [4.78, 5) is 12.3. The third-order valence-corrected chi connectivity index (χ3v) is 6.20. The van der Waals surface area contributed by atoms with E-state index in [0.29, 0.717) is 31.2 Å². The molecule has 1 heterocycles. The Morgan fingerprint density at radius 3 is 2.38 bits per heavy atom. The fourth-order valence-electron chi connectivity index (χ4n) is 2.74. The van der Waals surface area contributed by atoms with E-state index < -0.39 is 10.0 Å². The van der Waals surface area contributed by atoms with Crippen LogP contribution in [-0.2, 0) is 10.0 Å². The number of rotatable bonds is 7. The molecule has 1 aliphatic heterocycles. The Balaban J connectivity index is 0.00000288. The minimum absolute atomic E-state index is 0. The number of benzene rings is 1. The Kier molecular flexibility index (Phi) is 8.15. The van der Waals surface area contributed by atoms with Crippen LogP contribution in [0.4, 0.5) is 0 Å². The topological polar surface area (TPSA) is 78.5 Å². The van der Waals surface area contributed by atoms with Crippen molar-refractivity contribution < 1.29 is 13.2 Å². The lowest BCUT2D eigenvalue weighted by molar-refractivity contribution is 0.0950. The molecule has 6 nitrogen and oxygen atoms in total. The summed E-state index contributed by atoms with van der Waals surface area (Å²) in [6, 6.07) is 6.45. The van der Waals surface area contributed by atoms with Crippen LogP contribution in [-0.4, -0.2) is 50.9 Å². The summed E-state index contributed by atoms with van der Waals surface area (Å²) >= 11 is 0. The van der Waals surface area contributed by atoms with Crippen molar-refractivity contribution in [2.24, 2.45) is 0 Å². The van der Waals surface area contributed by atoms with Gasteiger partial charge in [-0.2, -0.15) is 4.31 Å². The largest absolute Gasteiger partial charge is 0.350 e. The van der Waals surface area contributed by atoms with E-state index >= 15 is 0 Å². The van der Waals surface area contributed by atoms with Crippen molar-refractivity contribution in [3.63, 3.8) is 0 Å². The van der Waals surface area contributed by atoms with E-state index in [9.17, 15) is 13.2 Å². The second-order valence-corrected chi connectivity index (χ2v) is 7.55. The summed E-state index contributed by atoms with van der Waals surface area (Å²) in [5.41, 5.74) is 0.474. The zero-order chi connectivity index (χ0) is 16.9. The van der Waals surface area contributed by atoms with Gasteiger partial charge in [-0.25, -0.2) is 8.42 Å². The minimum Gasteiger partial charge on any atom is -0.350 e. The van der Waals surface area contributed by atoms with Crippen LogP contribution >= 0.6 is 12.4 Å². The van der Waals surface area contributed by atoms with Crippen molar-refractivity contribution in [3.8, 4) is 0 Å². The standard InChI is InChI=1S/C16H25N3O3S.ClH/c1-3-19(4-2)23(21,22)15-9-7-13(8-10-15)16(20)18-12-14-6-5-11-17-14;/h7-10,14,17H,3-6,11-12H2,1-2H3,(H,18,20);1H. The summed E-state index contributed by atoms with van der Waals surface area (Å²) in [6.45, 7) is 6.06. The zero-order valence-electron chi connectivity index (χ0n) is 14.1. The molecule has 136 valence electrons. The number of sulfonamides is 1. The van der Waals surface area contributed by atoms with E-state index in [1.165, 1.54) is 16.4 Å². The first-order valence-corrected chi connectivity index (χ1v) is 9.54. The number of hydrogen-bond acceptors (Lipinski definition) is 4. The Morgan fingerprint density at radius 1 is 1.25 bits per heavy atom. The molecule has 8 heteroatoms. The van der Waals surface area contributed by atoms with Gasteiger partial charge in [-0.15, -0.1) is 12.4 Å². The van der Waals surface area contributed by atoms with Gasteiger partial charge in [0.05, 0.1) is 4.90 Å². The molecule has 1 fully saturated rings. The molecule has 1 aliphatic rings. The molecule has 2 rings (SSSR count). The first kappa shape index (κ1) is 20.9. The second kappa shape index (κ2) is 9.36. The van der Waals surface area contributed by atoms with E-state index in [4.69, 9.17) is 0 Å². The molecule has 1 aromatic carbocycles. The highest BCUT2D eigenvalue weighted by atomic mass is 35.5. The van der Waals surface area contributed by atoms with Crippen molar-refractivity contribution in [1.29, 1.82) is 0 Å². The minimum atomic E-state index is -3.48. The smallest absolute Gasteiger partial charge is 0.251 e. The SMILES string of the molecule is CCN(CC)S(=O)(=O)c1ccc(C(=O)NCC2CCCN2)cc1.Cl. The van der Waals surface area contributed by atoms with Gasteiger partial charge in [0.25, 0.3) is 5.91 Å². The molecule has 0 saturated carbocycles. The van der Waals surface area contributed by atoms with Crippen LogP contribution < -0.4 is 10.6 Å². The van der Waals surface area contributed by atoms with Crippen molar-refractivity contribution in [2.75, 3.05) is 26.2 Å². The highest BCUT2D eigenvalue weighted by molar-refractivity contribution is 7.89. The molecule has 0 bridgehead atoms. The maximum atomic E-state index is 12.4. The Morgan fingerprint density at radius 2 is 1.88 bits per heavy atom. The maximum Gasteiger partial charge on any atom is 0.251 e. The molecule has 0 radical (unpaired) electrons. The van der Waals surface area contributed by atoms with E-state index in [0.717, 1.165) is 19.4 Å². The van der Waals surface area contributed by atoms with Crippen molar-refractivity contribution in [1.82, 2.24) is 14.9 Å². The average molecular weight is 376 g/mol. The van der Waals surface area contributed by atoms with Crippen LogP contribution in [0.3, 0.4) is 0 Å². The van der Waals surface area contributed by atoms with Gasteiger partial charge in [0.1, 0.15) is 0 Å². The van der Waals surface area contributed by atoms with E-state index in [1.807, 2.05) is 0 Å². The normalized spacial score (nSPS) is 17.5. The van der Waals surface area contributed by atoms with Crippen LogP contribution in [0, 0.1) is 0 Å². The van der Waals surface area contributed by atoms with Gasteiger partial charge in [0.15, 0.2) is 0 Å². The van der Waals surface area contributed by atoms with Crippen molar-refractivity contribution in [2.45, 2.75) is 37.6 Å². The Hall–Kier alpha value is -1.15. The highest BCUT2D eigenvalue weighted by Crippen LogP contribution is 2.16. The molecular formula is C16H26ClN3O3S. The lowest BCUT2D eigenvalue weighted by Crippen LogP contribution is -2.37. The third kappa shape index (κ3) is 4.92. The average Bonchev–Trinajstić information content (AvgIpc) is 3.07. The summed E-state index contributed by atoms with van der Waals surface area (Å²) < 4.78 is 26.2. The molecule has 0 aliphatic carbocycles. The summed E-state index contributed by atoms with van der Waals surface area (Å²) in [6.07, 6.45) is 2.21. The first-order chi connectivity index (χ1) is 11.0. The van der Waals surface area contributed by atoms with Crippen LogP contribution in [0.1, 0.15) is 37.0 Å². The maximum absolute atomic E-state index is 12.4. The predicted molar refractivity (Wildman–Crippen MR) is 97.2 cm³/mol. The monoisotopic (exact) mass is 375 g/mol. The molecular weight excluding hydrogens is 350 g/mol. The third-order valence-electron chi connectivity index (χ3n) is 4.13. The molecule has 0 aromatic heterocycles. The van der Waals surface area contributed by atoms with Crippen molar-refractivity contribution in [3.05, 3.63) is 29.8 Å². The fourth-order valence-corrected chi connectivity index (χ4v) is 4.20. The van der Waals surface area contributed by atoms with Crippen molar-refractivity contribution >= 4 is 28.3 Å². The van der Waals surface area contributed by atoms with E-state index in [-0.39, 0.29) is 23.2 Å². The molecule has 1 amide bonds. The van der Waals surface area contributed by atoms with E-state index in [1.54, 1.807) is 26.0 Å². The summed E-state index contributed by atoms with van der Waals surface area (Å²) in [5.74, 6) is -0.175. The molecule has 0 spiro atoms. The first-order valence-electron chi connectivity index (χ1n) is 8.10. The lowest BCUT2D eigenvalue weighted by atomic mass is 10.2. The number of carbonyl (C=O) groups excluding carboxylic acids is 1. The van der Waals surface area contributed by atoms with E-state index in [2.05, 4.69) is 10.6 Å². The second-order valence-electron chi connectivity index (χ2n) is 5.62. The number of nitrogens with one attached hydrogen (secondary N) is 2. The number of hydrogen-bond donors (Lipinski definition) is 2. The molecule has 2 N–H and O–H groups in total. The molecule has 1 aromatic rings. The lowest BCUT2D eigenvalue weighted by Gasteiger charge is -2.18. The molecule has 1 atom stereocenters. The zero-order valence-corrected chi connectivity index (χ0v) is 15.8. The summed E-state index contributed by atoms with van der Waals surface area (Å²) in [5, 5.41) is 6.20. The van der Waals surface area contributed by atoms with Gasteiger partial charge in [-0.3, -0.25) is 4.79 Å². The highest BCUT2D eigenvalue weighted by Gasteiger charge is 2.22. The predicted octanol–water partition coefficient (Wildman–Crippen LogP) is 1.62. The van der Waals surface area contributed by atoms with Gasteiger partial charge < -0.3 is 10.6 Å². The van der Waals surface area contributed by atoms with Crippen LogP contribution in [0.15, 0.2) is 29.2 Å².